The third-order valence-electron chi connectivity index (χ3n) is 4.42. The Morgan fingerprint density at radius 1 is 1.25 bits per heavy atom. The SMILES string of the molecule is CCn1cc(C2=CCNc3[nH]ccc32)c(-c2cccc(NC)c2)n1. The number of hydrogen-bond donors (Lipinski definition) is 3. The number of aryl methyl sites for hydroxylation is 1. The molecule has 0 spiro atoms. The molecule has 0 unspecified atom stereocenters. The lowest BCUT2D eigenvalue weighted by molar-refractivity contribution is 0.662. The van der Waals surface area contributed by atoms with Crippen LogP contribution in [-0.2, 0) is 6.54 Å². The average molecular weight is 319 g/mol. The Bertz CT molecular complexity index is 900. The number of nitrogens with one attached hydrogen (secondary N) is 3. The average Bonchev–Trinajstić information content (AvgIpc) is 3.28. The van der Waals surface area contributed by atoms with Gasteiger partial charge in [-0.15, -0.1) is 0 Å². The van der Waals surface area contributed by atoms with E-state index in [-0.39, 0.29) is 0 Å². The summed E-state index contributed by atoms with van der Waals surface area (Å²) in [4.78, 5) is 3.27. The molecule has 1 aliphatic heterocycles. The molecule has 5 heteroatoms. The molecule has 0 saturated carbocycles. The van der Waals surface area contributed by atoms with Gasteiger partial charge in [-0.05, 0) is 30.7 Å². The maximum absolute atomic E-state index is 4.82. The van der Waals surface area contributed by atoms with Gasteiger partial charge in [-0.25, -0.2) is 0 Å². The lowest BCUT2D eigenvalue weighted by Crippen LogP contribution is -2.07. The summed E-state index contributed by atoms with van der Waals surface area (Å²) in [6.45, 7) is 3.78. The highest BCUT2D eigenvalue weighted by Crippen LogP contribution is 2.37. The van der Waals surface area contributed by atoms with Crippen LogP contribution in [-0.4, -0.2) is 28.4 Å². The van der Waals surface area contributed by atoms with Crippen molar-refractivity contribution in [3.63, 3.8) is 0 Å². The van der Waals surface area contributed by atoms with Gasteiger partial charge in [0.2, 0.25) is 0 Å². The molecule has 0 radical (unpaired) electrons. The minimum Gasteiger partial charge on any atom is -0.388 e. The predicted molar refractivity (Wildman–Crippen MR) is 99.2 cm³/mol. The molecule has 122 valence electrons. The fourth-order valence-corrected chi connectivity index (χ4v) is 3.18. The van der Waals surface area contributed by atoms with E-state index in [9.17, 15) is 0 Å². The monoisotopic (exact) mass is 319 g/mol. The van der Waals surface area contributed by atoms with Crippen LogP contribution in [0.25, 0.3) is 16.8 Å². The molecule has 0 amide bonds. The van der Waals surface area contributed by atoms with Gasteiger partial charge in [-0.2, -0.15) is 5.10 Å². The zero-order chi connectivity index (χ0) is 16.5. The summed E-state index contributed by atoms with van der Waals surface area (Å²) in [6.07, 6.45) is 6.36. The maximum Gasteiger partial charge on any atom is 0.111 e. The Labute approximate surface area is 141 Å². The van der Waals surface area contributed by atoms with Gasteiger partial charge in [0, 0.05) is 54.9 Å². The number of benzene rings is 1. The highest BCUT2D eigenvalue weighted by molar-refractivity contribution is 5.92. The smallest absolute Gasteiger partial charge is 0.111 e. The first kappa shape index (κ1) is 14.6. The number of fused-ring (bicyclic) bond motifs is 1. The lowest BCUT2D eigenvalue weighted by atomic mass is 9.95. The second-order valence-corrected chi connectivity index (χ2v) is 5.84. The second-order valence-electron chi connectivity index (χ2n) is 5.84. The maximum atomic E-state index is 4.82. The highest BCUT2D eigenvalue weighted by atomic mass is 15.3. The van der Waals surface area contributed by atoms with Crippen LogP contribution >= 0.6 is 0 Å². The first-order valence-electron chi connectivity index (χ1n) is 8.28. The van der Waals surface area contributed by atoms with E-state index in [1.165, 1.54) is 16.7 Å². The molecule has 0 bridgehead atoms. The van der Waals surface area contributed by atoms with Crippen molar-refractivity contribution in [1.82, 2.24) is 14.8 Å². The molecule has 2 aromatic heterocycles. The van der Waals surface area contributed by atoms with E-state index in [4.69, 9.17) is 5.10 Å². The van der Waals surface area contributed by atoms with Crippen LogP contribution in [0.1, 0.15) is 18.1 Å². The molecule has 1 aliphatic rings. The summed E-state index contributed by atoms with van der Waals surface area (Å²) in [6, 6.07) is 10.5. The molecule has 3 heterocycles. The second kappa shape index (κ2) is 5.92. The number of hydrogen-bond acceptors (Lipinski definition) is 3. The van der Waals surface area contributed by atoms with Crippen molar-refractivity contribution < 1.29 is 0 Å². The van der Waals surface area contributed by atoms with E-state index < -0.39 is 0 Å². The molecule has 5 nitrogen and oxygen atoms in total. The number of aromatic nitrogens is 3. The predicted octanol–water partition coefficient (Wildman–Crippen LogP) is 3.80. The molecular formula is C19H21N5. The van der Waals surface area contributed by atoms with Crippen molar-refractivity contribution in [2.24, 2.45) is 0 Å². The van der Waals surface area contributed by atoms with Gasteiger partial charge in [-0.1, -0.05) is 18.2 Å². The van der Waals surface area contributed by atoms with E-state index in [1.54, 1.807) is 0 Å². The number of rotatable bonds is 4. The first-order chi connectivity index (χ1) is 11.8. The summed E-state index contributed by atoms with van der Waals surface area (Å²) >= 11 is 0. The van der Waals surface area contributed by atoms with E-state index in [1.807, 2.05) is 17.9 Å². The minimum atomic E-state index is 0.816. The van der Waals surface area contributed by atoms with Crippen molar-refractivity contribution in [1.29, 1.82) is 0 Å². The van der Waals surface area contributed by atoms with Gasteiger partial charge in [0.1, 0.15) is 11.5 Å². The van der Waals surface area contributed by atoms with Gasteiger partial charge >= 0.3 is 0 Å². The first-order valence-corrected chi connectivity index (χ1v) is 8.28. The number of H-pyrrole nitrogens is 1. The van der Waals surface area contributed by atoms with Crippen LogP contribution in [0.15, 0.2) is 48.8 Å². The Morgan fingerprint density at radius 2 is 2.17 bits per heavy atom. The summed E-state index contributed by atoms with van der Waals surface area (Å²) in [5.41, 5.74) is 6.84. The van der Waals surface area contributed by atoms with E-state index in [0.717, 1.165) is 35.9 Å². The third-order valence-corrected chi connectivity index (χ3v) is 4.42. The van der Waals surface area contributed by atoms with Crippen LogP contribution in [0.4, 0.5) is 11.5 Å². The molecule has 3 aromatic rings. The summed E-state index contributed by atoms with van der Waals surface area (Å²) in [7, 11) is 1.94. The minimum absolute atomic E-state index is 0.816. The molecule has 4 rings (SSSR count). The molecule has 1 aromatic carbocycles. The van der Waals surface area contributed by atoms with Gasteiger partial charge < -0.3 is 15.6 Å². The fraction of sp³-hybridized carbons (Fsp3) is 0.211. The zero-order valence-corrected chi connectivity index (χ0v) is 13.9. The van der Waals surface area contributed by atoms with Crippen LogP contribution in [0.2, 0.25) is 0 Å². The Kier molecular flexibility index (Phi) is 3.61. The van der Waals surface area contributed by atoms with Crippen LogP contribution in [0, 0.1) is 0 Å². The van der Waals surface area contributed by atoms with Gasteiger partial charge in [0.15, 0.2) is 0 Å². The van der Waals surface area contributed by atoms with Crippen molar-refractivity contribution in [3.8, 4) is 11.3 Å². The molecular weight excluding hydrogens is 298 g/mol. The Balaban J connectivity index is 1.87. The Hall–Kier alpha value is -2.95. The van der Waals surface area contributed by atoms with Crippen LogP contribution in [0.5, 0.6) is 0 Å². The normalized spacial score (nSPS) is 13.2. The topological polar surface area (TPSA) is 57.7 Å². The van der Waals surface area contributed by atoms with Crippen molar-refractivity contribution >= 4 is 17.1 Å². The van der Waals surface area contributed by atoms with Crippen molar-refractivity contribution in [2.45, 2.75) is 13.5 Å². The number of nitrogens with zero attached hydrogens (tertiary/aromatic N) is 2. The van der Waals surface area contributed by atoms with Gasteiger partial charge in [0.25, 0.3) is 0 Å². The highest BCUT2D eigenvalue weighted by Gasteiger charge is 2.21. The molecule has 0 saturated heterocycles. The third kappa shape index (κ3) is 2.38. The zero-order valence-electron chi connectivity index (χ0n) is 13.9. The summed E-state index contributed by atoms with van der Waals surface area (Å²) in [5.74, 6) is 1.08. The fourth-order valence-electron chi connectivity index (χ4n) is 3.18. The van der Waals surface area contributed by atoms with Crippen molar-refractivity contribution in [2.75, 3.05) is 24.2 Å². The summed E-state index contributed by atoms with van der Waals surface area (Å²) in [5, 5.41) is 11.4. The van der Waals surface area contributed by atoms with Crippen molar-refractivity contribution in [3.05, 3.63) is 59.9 Å². The Morgan fingerprint density at radius 3 is 3.00 bits per heavy atom. The molecule has 3 N–H and O–H groups in total. The largest absolute Gasteiger partial charge is 0.388 e. The lowest BCUT2D eigenvalue weighted by Gasteiger charge is -2.16. The molecule has 0 atom stereocenters. The van der Waals surface area contributed by atoms with E-state index in [2.05, 4.69) is 65.1 Å². The van der Waals surface area contributed by atoms with Gasteiger partial charge in [-0.3, -0.25) is 4.68 Å². The molecule has 0 aliphatic carbocycles. The van der Waals surface area contributed by atoms with Crippen LogP contribution in [0.3, 0.4) is 0 Å². The quantitative estimate of drug-likeness (QED) is 0.685. The van der Waals surface area contributed by atoms with Crippen LogP contribution < -0.4 is 10.6 Å². The van der Waals surface area contributed by atoms with Gasteiger partial charge in [0.05, 0.1) is 0 Å². The van der Waals surface area contributed by atoms with E-state index in [0.29, 0.717) is 0 Å². The number of anilines is 2. The van der Waals surface area contributed by atoms with E-state index >= 15 is 0 Å². The number of aromatic amines is 1. The summed E-state index contributed by atoms with van der Waals surface area (Å²) < 4.78 is 2.01. The molecule has 0 fully saturated rings. The molecule has 24 heavy (non-hydrogen) atoms. The standard InChI is InChI=1S/C19H21N5/c1-3-24-12-17(15-7-9-21-19-16(15)8-10-22-19)18(23-24)13-5-4-6-14(11-13)20-2/h4-8,10-12,20-22H,3,9H2,1-2H3.